The fraction of sp³-hybridized carbons (Fsp3) is 0.944. The number of Topliss-reactive ketones (excluding diaryl/α,β-unsaturated/α-hetero) is 1. The van der Waals surface area contributed by atoms with Crippen LogP contribution in [0.2, 0.25) is 0 Å². The summed E-state index contributed by atoms with van der Waals surface area (Å²) < 4.78 is 0. The second-order valence-electron chi connectivity index (χ2n) is 7.28. The molecule has 0 amide bonds. The number of hydrogen-bond acceptors (Lipinski definition) is 2. The monoisotopic (exact) mass is 279 g/mol. The third-order valence-corrected chi connectivity index (χ3v) is 6.07. The van der Waals surface area contributed by atoms with Crippen LogP contribution in [0.3, 0.4) is 0 Å². The third kappa shape index (κ3) is 3.63. The predicted molar refractivity (Wildman–Crippen MR) is 84.8 cm³/mol. The highest BCUT2D eigenvalue weighted by atomic mass is 16.1. The molecule has 1 heterocycles. The number of nitrogens with zero attached hydrogens (tertiary/aromatic N) is 1. The van der Waals surface area contributed by atoms with Crippen LogP contribution in [0.4, 0.5) is 0 Å². The van der Waals surface area contributed by atoms with Gasteiger partial charge in [0, 0.05) is 25.4 Å². The molecule has 1 aliphatic heterocycles. The summed E-state index contributed by atoms with van der Waals surface area (Å²) in [7, 11) is 0. The van der Waals surface area contributed by atoms with Crippen LogP contribution in [0.5, 0.6) is 0 Å². The molecule has 2 heteroatoms. The lowest BCUT2D eigenvalue weighted by molar-refractivity contribution is -0.126. The molecule has 2 rings (SSSR count). The average Bonchev–Trinajstić information content (AvgIpc) is 2.87. The standard InChI is InChI=1S/C18H33NO/c1-4-7-15-8-9-17(20)16(12-15)13-19-11-10-18(5-2,6-3)14-19/h15-16H,4-14H2,1-3H3. The summed E-state index contributed by atoms with van der Waals surface area (Å²) in [6.45, 7) is 10.4. The molecular weight excluding hydrogens is 246 g/mol. The Balaban J connectivity index is 1.87. The average molecular weight is 279 g/mol. The van der Waals surface area contributed by atoms with E-state index in [9.17, 15) is 4.79 Å². The zero-order chi connectivity index (χ0) is 14.6. The van der Waals surface area contributed by atoms with Crippen molar-refractivity contribution >= 4 is 5.78 Å². The van der Waals surface area contributed by atoms with Gasteiger partial charge in [0.25, 0.3) is 0 Å². The molecule has 2 atom stereocenters. The zero-order valence-corrected chi connectivity index (χ0v) is 13.8. The van der Waals surface area contributed by atoms with E-state index in [0.717, 1.165) is 31.7 Å². The van der Waals surface area contributed by atoms with Crippen molar-refractivity contribution in [3.8, 4) is 0 Å². The van der Waals surface area contributed by atoms with E-state index in [4.69, 9.17) is 0 Å². The molecule has 2 aliphatic rings. The van der Waals surface area contributed by atoms with Gasteiger partial charge in [-0.2, -0.15) is 0 Å². The van der Waals surface area contributed by atoms with Crippen LogP contribution in [0.1, 0.15) is 72.1 Å². The van der Waals surface area contributed by atoms with Gasteiger partial charge in [0.15, 0.2) is 0 Å². The number of ketones is 1. The Kier molecular flexibility index (Phi) is 5.65. The van der Waals surface area contributed by atoms with Gasteiger partial charge in [-0.3, -0.25) is 4.79 Å². The minimum atomic E-state index is 0.338. The largest absolute Gasteiger partial charge is 0.302 e. The van der Waals surface area contributed by atoms with Crippen LogP contribution in [0.25, 0.3) is 0 Å². The number of carbonyl (C=O) groups excluding carboxylic acids is 1. The summed E-state index contributed by atoms with van der Waals surface area (Å²) in [6.07, 6.45) is 9.65. The van der Waals surface area contributed by atoms with Gasteiger partial charge in [0.1, 0.15) is 5.78 Å². The first kappa shape index (κ1) is 16.0. The minimum Gasteiger partial charge on any atom is -0.302 e. The lowest BCUT2D eigenvalue weighted by atomic mass is 9.78. The van der Waals surface area contributed by atoms with Crippen LogP contribution in [0.15, 0.2) is 0 Å². The minimum absolute atomic E-state index is 0.338. The van der Waals surface area contributed by atoms with Crippen molar-refractivity contribution in [1.29, 1.82) is 0 Å². The Morgan fingerprint density at radius 1 is 1.25 bits per heavy atom. The first-order chi connectivity index (χ1) is 9.62. The summed E-state index contributed by atoms with van der Waals surface area (Å²) in [4.78, 5) is 14.8. The van der Waals surface area contributed by atoms with E-state index in [-0.39, 0.29) is 0 Å². The zero-order valence-electron chi connectivity index (χ0n) is 13.8. The number of likely N-dealkylation sites (tertiary alicyclic amines) is 1. The van der Waals surface area contributed by atoms with Crippen molar-refractivity contribution in [2.75, 3.05) is 19.6 Å². The maximum atomic E-state index is 12.2. The fourth-order valence-corrected chi connectivity index (χ4v) is 4.37. The van der Waals surface area contributed by atoms with Gasteiger partial charge in [-0.05, 0) is 50.0 Å². The van der Waals surface area contributed by atoms with E-state index in [1.165, 1.54) is 45.2 Å². The van der Waals surface area contributed by atoms with Gasteiger partial charge in [-0.25, -0.2) is 0 Å². The molecule has 2 nitrogen and oxygen atoms in total. The molecule has 0 spiro atoms. The summed E-state index contributed by atoms with van der Waals surface area (Å²) in [5, 5.41) is 0. The van der Waals surface area contributed by atoms with E-state index >= 15 is 0 Å². The summed E-state index contributed by atoms with van der Waals surface area (Å²) in [5.74, 6) is 1.69. The van der Waals surface area contributed by atoms with Gasteiger partial charge in [-0.1, -0.05) is 33.6 Å². The highest BCUT2D eigenvalue weighted by Crippen LogP contribution is 2.38. The van der Waals surface area contributed by atoms with Crippen LogP contribution in [0, 0.1) is 17.3 Å². The predicted octanol–water partition coefficient (Wildman–Crippen LogP) is 4.28. The van der Waals surface area contributed by atoms with Gasteiger partial charge < -0.3 is 4.90 Å². The van der Waals surface area contributed by atoms with Crippen LogP contribution >= 0.6 is 0 Å². The topological polar surface area (TPSA) is 20.3 Å². The molecule has 116 valence electrons. The first-order valence-electron chi connectivity index (χ1n) is 8.87. The number of carbonyl (C=O) groups is 1. The van der Waals surface area contributed by atoms with Crippen molar-refractivity contribution in [1.82, 2.24) is 4.90 Å². The molecule has 0 aromatic carbocycles. The van der Waals surface area contributed by atoms with Crippen LogP contribution in [-0.2, 0) is 4.79 Å². The van der Waals surface area contributed by atoms with Crippen molar-refractivity contribution in [3.05, 3.63) is 0 Å². The van der Waals surface area contributed by atoms with E-state index in [1.54, 1.807) is 0 Å². The van der Waals surface area contributed by atoms with Gasteiger partial charge in [-0.15, -0.1) is 0 Å². The van der Waals surface area contributed by atoms with Gasteiger partial charge in [0.05, 0.1) is 0 Å². The summed E-state index contributed by atoms with van der Waals surface area (Å²) in [5.41, 5.74) is 0.542. The maximum Gasteiger partial charge on any atom is 0.137 e. The quantitative estimate of drug-likeness (QED) is 0.723. The number of rotatable bonds is 6. The smallest absolute Gasteiger partial charge is 0.137 e. The van der Waals surface area contributed by atoms with Crippen molar-refractivity contribution < 1.29 is 4.79 Å². The molecule has 20 heavy (non-hydrogen) atoms. The van der Waals surface area contributed by atoms with Crippen molar-refractivity contribution in [2.24, 2.45) is 17.3 Å². The molecule has 1 saturated carbocycles. The molecule has 0 radical (unpaired) electrons. The van der Waals surface area contributed by atoms with Gasteiger partial charge >= 0.3 is 0 Å². The Hall–Kier alpha value is -0.370. The lowest BCUT2D eigenvalue weighted by Gasteiger charge is -2.32. The third-order valence-electron chi connectivity index (χ3n) is 6.07. The second-order valence-corrected chi connectivity index (χ2v) is 7.28. The van der Waals surface area contributed by atoms with Gasteiger partial charge in [0.2, 0.25) is 0 Å². The molecule has 0 aromatic rings. The molecule has 0 bridgehead atoms. The van der Waals surface area contributed by atoms with E-state index in [2.05, 4.69) is 25.7 Å². The second kappa shape index (κ2) is 7.06. The normalized spacial score (nSPS) is 30.9. The van der Waals surface area contributed by atoms with Crippen LogP contribution in [-0.4, -0.2) is 30.3 Å². The summed E-state index contributed by atoms with van der Waals surface area (Å²) >= 11 is 0. The molecule has 1 aliphatic carbocycles. The van der Waals surface area contributed by atoms with Crippen molar-refractivity contribution in [2.45, 2.75) is 72.1 Å². The Morgan fingerprint density at radius 3 is 2.60 bits per heavy atom. The summed E-state index contributed by atoms with van der Waals surface area (Å²) in [6, 6.07) is 0. The van der Waals surface area contributed by atoms with E-state index in [1.807, 2.05) is 0 Å². The SMILES string of the molecule is CCCC1CCC(=O)C(CN2CCC(CC)(CC)C2)C1. The van der Waals surface area contributed by atoms with Crippen molar-refractivity contribution in [3.63, 3.8) is 0 Å². The lowest BCUT2D eigenvalue weighted by Crippen LogP contribution is -2.36. The molecule has 0 N–H and O–H groups in total. The Labute approximate surface area is 125 Å². The Bertz CT molecular complexity index is 321. The van der Waals surface area contributed by atoms with E-state index in [0.29, 0.717) is 17.1 Å². The molecule has 1 saturated heterocycles. The highest BCUT2D eigenvalue weighted by Gasteiger charge is 2.37. The first-order valence-corrected chi connectivity index (χ1v) is 8.87. The molecule has 0 aromatic heterocycles. The maximum absolute atomic E-state index is 12.2. The molecule has 2 unspecified atom stereocenters. The highest BCUT2D eigenvalue weighted by molar-refractivity contribution is 5.81. The fourth-order valence-electron chi connectivity index (χ4n) is 4.37. The molecule has 2 fully saturated rings. The van der Waals surface area contributed by atoms with E-state index < -0.39 is 0 Å². The molecular formula is C18H33NO. The Morgan fingerprint density at radius 2 is 2.00 bits per heavy atom. The number of hydrogen-bond donors (Lipinski definition) is 0. The van der Waals surface area contributed by atoms with Crippen LogP contribution < -0.4 is 0 Å².